The lowest BCUT2D eigenvalue weighted by molar-refractivity contribution is 0.142. The van der Waals surface area contributed by atoms with Crippen LogP contribution in [-0.4, -0.2) is 11.7 Å². The second-order valence-electron chi connectivity index (χ2n) is 5.20. The minimum absolute atomic E-state index is 0.316. The molecule has 98 valence electrons. The van der Waals surface area contributed by atoms with Crippen molar-refractivity contribution in [1.29, 1.82) is 0 Å². The van der Waals surface area contributed by atoms with Crippen molar-refractivity contribution < 1.29 is 9.84 Å². The lowest BCUT2D eigenvalue weighted by Crippen LogP contribution is -2.24. The summed E-state index contributed by atoms with van der Waals surface area (Å²) >= 11 is 0. The molecule has 0 aromatic heterocycles. The van der Waals surface area contributed by atoms with E-state index in [0.29, 0.717) is 18.4 Å². The fourth-order valence-electron chi connectivity index (χ4n) is 2.61. The first kappa shape index (κ1) is 12.2. The Bertz CT molecular complexity index is 530. The van der Waals surface area contributed by atoms with Crippen LogP contribution < -0.4 is 4.74 Å². The summed E-state index contributed by atoms with van der Waals surface area (Å²) in [6.07, 6.45) is 2.18. The van der Waals surface area contributed by atoms with Crippen LogP contribution >= 0.6 is 0 Å². The molecule has 2 heteroatoms. The number of aliphatic hydroxyl groups excluding tert-OH is 1. The van der Waals surface area contributed by atoms with Gasteiger partial charge in [-0.05, 0) is 54.5 Å². The highest BCUT2D eigenvalue weighted by atomic mass is 16.5. The molecule has 1 aliphatic carbocycles. The van der Waals surface area contributed by atoms with E-state index in [2.05, 4.69) is 12.1 Å². The first-order chi connectivity index (χ1) is 9.35. The second kappa shape index (κ2) is 5.45. The van der Waals surface area contributed by atoms with Crippen LogP contribution in [-0.2, 0) is 0 Å². The number of hydrogen-bond donors (Lipinski definition) is 1. The summed E-state index contributed by atoms with van der Waals surface area (Å²) in [7, 11) is 0. The minimum Gasteiger partial charge on any atom is -0.457 e. The van der Waals surface area contributed by atoms with Gasteiger partial charge in [-0.2, -0.15) is 0 Å². The molecule has 0 unspecified atom stereocenters. The van der Waals surface area contributed by atoms with Gasteiger partial charge in [-0.15, -0.1) is 0 Å². The minimum atomic E-state index is 0.316. The highest BCUT2D eigenvalue weighted by Gasteiger charge is 2.29. The highest BCUT2D eigenvalue weighted by molar-refractivity contribution is 5.35. The van der Waals surface area contributed by atoms with Crippen molar-refractivity contribution in [2.75, 3.05) is 6.61 Å². The Morgan fingerprint density at radius 1 is 0.947 bits per heavy atom. The molecule has 2 aromatic rings. The van der Waals surface area contributed by atoms with Crippen LogP contribution in [0.3, 0.4) is 0 Å². The Morgan fingerprint density at radius 3 is 2.42 bits per heavy atom. The quantitative estimate of drug-likeness (QED) is 0.894. The fraction of sp³-hybridized carbons (Fsp3) is 0.294. The maximum absolute atomic E-state index is 9.08. The van der Waals surface area contributed by atoms with Crippen LogP contribution in [0.5, 0.6) is 11.5 Å². The van der Waals surface area contributed by atoms with Gasteiger partial charge >= 0.3 is 0 Å². The van der Waals surface area contributed by atoms with Gasteiger partial charge in [0, 0.05) is 6.61 Å². The van der Waals surface area contributed by atoms with E-state index in [-0.39, 0.29) is 0 Å². The largest absolute Gasteiger partial charge is 0.457 e. The Hall–Kier alpha value is -1.80. The zero-order valence-electron chi connectivity index (χ0n) is 10.8. The molecule has 3 rings (SSSR count). The van der Waals surface area contributed by atoms with Crippen LogP contribution in [0.1, 0.15) is 24.3 Å². The summed E-state index contributed by atoms with van der Waals surface area (Å²) in [4.78, 5) is 0. The Kier molecular flexibility index (Phi) is 3.51. The van der Waals surface area contributed by atoms with Crippen molar-refractivity contribution in [3.63, 3.8) is 0 Å². The van der Waals surface area contributed by atoms with Gasteiger partial charge in [0.05, 0.1) is 0 Å². The molecule has 0 bridgehead atoms. The van der Waals surface area contributed by atoms with Gasteiger partial charge in [-0.1, -0.05) is 30.3 Å². The van der Waals surface area contributed by atoms with Crippen molar-refractivity contribution in [3.05, 3.63) is 60.2 Å². The number of ether oxygens (including phenoxy) is 1. The summed E-state index contributed by atoms with van der Waals surface area (Å²) in [5.74, 6) is 2.82. The Morgan fingerprint density at radius 2 is 1.68 bits per heavy atom. The van der Waals surface area contributed by atoms with Crippen LogP contribution in [0.15, 0.2) is 54.6 Å². The second-order valence-corrected chi connectivity index (χ2v) is 5.20. The van der Waals surface area contributed by atoms with Gasteiger partial charge in [0.1, 0.15) is 11.5 Å². The topological polar surface area (TPSA) is 29.5 Å². The van der Waals surface area contributed by atoms with E-state index in [9.17, 15) is 0 Å². The number of hydrogen-bond acceptors (Lipinski definition) is 2. The number of benzene rings is 2. The lowest BCUT2D eigenvalue weighted by atomic mass is 9.72. The molecule has 0 atom stereocenters. The van der Waals surface area contributed by atoms with E-state index in [4.69, 9.17) is 9.84 Å². The molecule has 0 saturated heterocycles. The third-order valence-corrected chi connectivity index (χ3v) is 3.80. The van der Waals surface area contributed by atoms with E-state index in [0.717, 1.165) is 24.3 Å². The molecule has 1 fully saturated rings. The molecule has 0 aliphatic heterocycles. The summed E-state index contributed by atoms with van der Waals surface area (Å²) < 4.78 is 5.84. The van der Waals surface area contributed by atoms with Gasteiger partial charge in [-0.3, -0.25) is 0 Å². The van der Waals surface area contributed by atoms with Crippen molar-refractivity contribution >= 4 is 0 Å². The molecule has 2 nitrogen and oxygen atoms in total. The van der Waals surface area contributed by atoms with Gasteiger partial charge in [0.15, 0.2) is 0 Å². The van der Waals surface area contributed by atoms with Gasteiger partial charge < -0.3 is 9.84 Å². The standard InChI is InChI=1S/C17H18O2/c18-12-13-9-15(10-13)14-5-4-8-17(11-14)19-16-6-2-1-3-7-16/h1-8,11,13,15,18H,9-10,12H2. The van der Waals surface area contributed by atoms with Crippen LogP contribution in [0.2, 0.25) is 0 Å². The molecule has 1 saturated carbocycles. The maximum Gasteiger partial charge on any atom is 0.127 e. The molecular weight excluding hydrogens is 236 g/mol. The average Bonchev–Trinajstić information content (AvgIpc) is 2.39. The van der Waals surface area contributed by atoms with Crippen LogP contribution in [0, 0.1) is 5.92 Å². The average molecular weight is 254 g/mol. The van der Waals surface area contributed by atoms with E-state index >= 15 is 0 Å². The van der Waals surface area contributed by atoms with E-state index < -0.39 is 0 Å². The SMILES string of the molecule is OCC1CC(c2cccc(Oc3ccccc3)c2)C1. The predicted molar refractivity (Wildman–Crippen MR) is 75.5 cm³/mol. The summed E-state index contributed by atoms with van der Waals surface area (Å²) in [6.45, 7) is 0.316. The maximum atomic E-state index is 9.08. The highest BCUT2D eigenvalue weighted by Crippen LogP contribution is 2.42. The van der Waals surface area contributed by atoms with Crippen molar-refractivity contribution in [2.45, 2.75) is 18.8 Å². The third kappa shape index (κ3) is 2.79. The molecule has 0 radical (unpaired) electrons. The van der Waals surface area contributed by atoms with Crippen molar-refractivity contribution in [3.8, 4) is 11.5 Å². The summed E-state index contributed by atoms with van der Waals surface area (Å²) in [5, 5.41) is 9.08. The normalized spacial score (nSPS) is 21.7. The molecule has 19 heavy (non-hydrogen) atoms. The van der Waals surface area contributed by atoms with E-state index in [1.54, 1.807) is 0 Å². The molecular formula is C17H18O2. The van der Waals surface area contributed by atoms with Crippen molar-refractivity contribution in [1.82, 2.24) is 0 Å². The first-order valence-electron chi connectivity index (χ1n) is 6.79. The van der Waals surface area contributed by atoms with Gasteiger partial charge in [0.25, 0.3) is 0 Å². The van der Waals surface area contributed by atoms with Crippen molar-refractivity contribution in [2.24, 2.45) is 5.92 Å². The molecule has 0 amide bonds. The molecule has 2 aromatic carbocycles. The number of aliphatic hydroxyl groups is 1. The van der Waals surface area contributed by atoms with E-state index in [1.165, 1.54) is 5.56 Å². The van der Waals surface area contributed by atoms with Gasteiger partial charge in [0.2, 0.25) is 0 Å². The smallest absolute Gasteiger partial charge is 0.127 e. The number of para-hydroxylation sites is 1. The monoisotopic (exact) mass is 254 g/mol. The summed E-state index contributed by atoms with van der Waals surface area (Å²) in [5.41, 5.74) is 1.32. The first-order valence-corrected chi connectivity index (χ1v) is 6.79. The fourth-order valence-corrected chi connectivity index (χ4v) is 2.61. The summed E-state index contributed by atoms with van der Waals surface area (Å²) in [6, 6.07) is 18.1. The predicted octanol–water partition coefficient (Wildman–Crippen LogP) is 3.96. The third-order valence-electron chi connectivity index (χ3n) is 3.80. The molecule has 0 heterocycles. The number of rotatable bonds is 4. The van der Waals surface area contributed by atoms with Crippen LogP contribution in [0.4, 0.5) is 0 Å². The zero-order valence-corrected chi connectivity index (χ0v) is 10.8. The molecule has 1 aliphatic rings. The van der Waals surface area contributed by atoms with Crippen LogP contribution in [0.25, 0.3) is 0 Å². The lowest BCUT2D eigenvalue weighted by Gasteiger charge is -2.34. The Labute approximate surface area is 113 Å². The van der Waals surface area contributed by atoms with E-state index in [1.807, 2.05) is 42.5 Å². The Balaban J connectivity index is 1.70. The molecule has 0 spiro atoms. The zero-order chi connectivity index (χ0) is 13.1. The molecule has 1 N–H and O–H groups in total. The van der Waals surface area contributed by atoms with Gasteiger partial charge in [-0.25, -0.2) is 0 Å².